The molecule has 0 unspecified atom stereocenters. The number of sulfonamides is 1. The largest absolute Gasteiger partial charge is 0.352 e. The van der Waals surface area contributed by atoms with Crippen LogP contribution in [0.2, 0.25) is 0 Å². The van der Waals surface area contributed by atoms with Gasteiger partial charge < -0.3 is 5.32 Å². The average Bonchev–Trinajstić information content (AvgIpc) is 2.47. The first kappa shape index (κ1) is 17.3. The minimum Gasteiger partial charge on any atom is -0.352 e. The van der Waals surface area contributed by atoms with Gasteiger partial charge in [-0.3, -0.25) is 4.79 Å². The van der Waals surface area contributed by atoms with Crippen LogP contribution in [-0.4, -0.2) is 38.9 Å². The van der Waals surface area contributed by atoms with E-state index in [1.54, 1.807) is 23.9 Å². The summed E-state index contributed by atoms with van der Waals surface area (Å²) in [5, 5.41) is 2.83. The number of thioether (sulfide) groups is 1. The van der Waals surface area contributed by atoms with Crippen LogP contribution in [0.4, 0.5) is 0 Å². The second-order valence-corrected chi connectivity index (χ2v) is 8.08. The van der Waals surface area contributed by atoms with E-state index >= 15 is 0 Å². The van der Waals surface area contributed by atoms with Crippen LogP contribution < -0.4 is 10.0 Å². The minimum absolute atomic E-state index is 0.0596. The molecule has 7 heteroatoms. The first-order valence-electron chi connectivity index (χ1n) is 7.42. The highest BCUT2D eigenvalue weighted by atomic mass is 32.2. The van der Waals surface area contributed by atoms with E-state index < -0.39 is 10.0 Å². The second kappa shape index (κ2) is 7.99. The summed E-state index contributed by atoms with van der Waals surface area (Å²) >= 11 is 1.74. The van der Waals surface area contributed by atoms with Crippen LogP contribution in [0.1, 0.15) is 36.0 Å². The summed E-state index contributed by atoms with van der Waals surface area (Å²) in [6.07, 6.45) is 5.82. The van der Waals surface area contributed by atoms with Gasteiger partial charge in [-0.25, -0.2) is 13.1 Å². The van der Waals surface area contributed by atoms with Crippen molar-refractivity contribution in [2.75, 3.05) is 18.6 Å². The number of amides is 1. The molecule has 1 aliphatic rings. The first-order valence-corrected chi connectivity index (χ1v) is 10.3. The smallest absolute Gasteiger partial charge is 0.251 e. The van der Waals surface area contributed by atoms with Gasteiger partial charge in [0.15, 0.2) is 0 Å². The van der Waals surface area contributed by atoms with Crippen LogP contribution in [0.25, 0.3) is 0 Å². The lowest BCUT2D eigenvalue weighted by molar-refractivity contribution is 0.0953. The van der Waals surface area contributed by atoms with Crippen molar-refractivity contribution in [2.24, 2.45) is 0 Å². The molecule has 0 radical (unpaired) electrons. The molecule has 0 atom stereocenters. The van der Waals surface area contributed by atoms with Gasteiger partial charge in [0.05, 0.1) is 4.90 Å². The fourth-order valence-electron chi connectivity index (χ4n) is 2.12. The van der Waals surface area contributed by atoms with Crippen molar-refractivity contribution in [1.29, 1.82) is 0 Å². The topological polar surface area (TPSA) is 75.3 Å². The zero-order valence-electron chi connectivity index (χ0n) is 12.7. The van der Waals surface area contributed by atoms with E-state index in [1.165, 1.54) is 12.1 Å². The summed E-state index contributed by atoms with van der Waals surface area (Å²) in [5.74, 6) is 0.835. The number of nitrogens with one attached hydrogen (secondary N) is 2. The molecule has 1 fully saturated rings. The molecule has 1 saturated carbocycles. The standard InChI is InChI=1S/C15H22N2O3S2/c1-21-11-3-10-16-15(18)12-6-8-14(9-7-12)22(19,20)17-13-4-2-5-13/h6-9,13,17H,2-5,10-11H2,1H3,(H,16,18). The van der Waals surface area contributed by atoms with Gasteiger partial charge in [-0.15, -0.1) is 0 Å². The molecule has 22 heavy (non-hydrogen) atoms. The SMILES string of the molecule is CSCCCNC(=O)c1ccc(S(=O)(=O)NC2CCC2)cc1. The lowest BCUT2D eigenvalue weighted by Gasteiger charge is -2.26. The summed E-state index contributed by atoms with van der Waals surface area (Å²) in [4.78, 5) is 12.1. The van der Waals surface area contributed by atoms with Crippen molar-refractivity contribution >= 4 is 27.7 Å². The minimum atomic E-state index is -3.47. The molecule has 122 valence electrons. The highest BCUT2D eigenvalue weighted by molar-refractivity contribution is 7.98. The molecule has 0 aliphatic heterocycles. The van der Waals surface area contributed by atoms with Gasteiger partial charge in [0.25, 0.3) is 5.91 Å². The molecule has 1 aromatic carbocycles. The maximum absolute atomic E-state index is 12.1. The number of rotatable bonds is 8. The normalized spacial score (nSPS) is 15.3. The Morgan fingerprint density at radius 1 is 1.27 bits per heavy atom. The van der Waals surface area contributed by atoms with Gasteiger partial charge in [0, 0.05) is 18.2 Å². The molecule has 1 aromatic rings. The number of carbonyl (C=O) groups is 1. The van der Waals surface area contributed by atoms with Gasteiger partial charge in [-0.1, -0.05) is 6.42 Å². The number of hydrogen-bond donors (Lipinski definition) is 2. The molecular formula is C15H22N2O3S2. The maximum atomic E-state index is 12.1. The Labute approximate surface area is 136 Å². The van der Waals surface area contributed by atoms with Gasteiger partial charge in [-0.05, 0) is 55.5 Å². The van der Waals surface area contributed by atoms with Crippen molar-refractivity contribution in [3.05, 3.63) is 29.8 Å². The fourth-order valence-corrected chi connectivity index (χ4v) is 3.86. The average molecular weight is 342 g/mol. The molecule has 1 amide bonds. The van der Waals surface area contributed by atoms with E-state index in [-0.39, 0.29) is 16.8 Å². The summed E-state index contributed by atoms with van der Waals surface area (Å²) < 4.78 is 27.0. The fraction of sp³-hybridized carbons (Fsp3) is 0.533. The molecular weight excluding hydrogens is 320 g/mol. The molecule has 0 aromatic heterocycles. The van der Waals surface area contributed by atoms with Gasteiger partial charge in [0.2, 0.25) is 10.0 Å². The van der Waals surface area contributed by atoms with Crippen LogP contribution in [-0.2, 0) is 10.0 Å². The van der Waals surface area contributed by atoms with Crippen LogP contribution in [0.15, 0.2) is 29.2 Å². The Morgan fingerprint density at radius 3 is 2.50 bits per heavy atom. The van der Waals surface area contributed by atoms with E-state index in [0.717, 1.165) is 31.4 Å². The summed E-state index contributed by atoms with van der Waals surface area (Å²) in [7, 11) is -3.47. The lowest BCUT2D eigenvalue weighted by atomic mass is 9.94. The van der Waals surface area contributed by atoms with Gasteiger partial charge in [0.1, 0.15) is 0 Å². The number of benzene rings is 1. The number of carbonyl (C=O) groups excluding carboxylic acids is 1. The lowest BCUT2D eigenvalue weighted by Crippen LogP contribution is -2.39. The molecule has 2 N–H and O–H groups in total. The molecule has 1 aliphatic carbocycles. The molecule has 2 rings (SSSR count). The molecule has 0 bridgehead atoms. The second-order valence-electron chi connectivity index (χ2n) is 5.38. The molecule has 0 spiro atoms. The van der Waals surface area contributed by atoms with Gasteiger partial charge >= 0.3 is 0 Å². The Hall–Kier alpha value is -1.05. The van der Waals surface area contributed by atoms with Crippen molar-refractivity contribution in [2.45, 2.75) is 36.6 Å². The Bertz CT molecular complexity index is 596. The van der Waals surface area contributed by atoms with Crippen LogP contribution in [0, 0.1) is 0 Å². The Kier molecular flexibility index (Phi) is 6.28. The number of hydrogen-bond acceptors (Lipinski definition) is 4. The predicted molar refractivity (Wildman–Crippen MR) is 89.7 cm³/mol. The highest BCUT2D eigenvalue weighted by Gasteiger charge is 2.24. The highest BCUT2D eigenvalue weighted by Crippen LogP contribution is 2.21. The Balaban J connectivity index is 1.92. The quantitative estimate of drug-likeness (QED) is 0.709. The van der Waals surface area contributed by atoms with Crippen molar-refractivity contribution < 1.29 is 13.2 Å². The van der Waals surface area contributed by atoms with E-state index in [0.29, 0.717) is 12.1 Å². The van der Waals surface area contributed by atoms with E-state index in [9.17, 15) is 13.2 Å². The summed E-state index contributed by atoms with van der Waals surface area (Å²) in [5.41, 5.74) is 0.478. The van der Waals surface area contributed by atoms with Crippen molar-refractivity contribution in [3.8, 4) is 0 Å². The monoisotopic (exact) mass is 342 g/mol. The predicted octanol–water partition coefficient (Wildman–Crippen LogP) is 2.00. The Morgan fingerprint density at radius 2 is 1.95 bits per heavy atom. The van der Waals surface area contributed by atoms with Crippen molar-refractivity contribution in [1.82, 2.24) is 10.0 Å². The molecule has 0 saturated heterocycles. The summed E-state index contributed by atoms with van der Waals surface area (Å²) in [6, 6.07) is 6.14. The van der Waals surface area contributed by atoms with Crippen LogP contribution in [0.5, 0.6) is 0 Å². The third-order valence-corrected chi connectivity index (χ3v) is 5.90. The first-order chi connectivity index (χ1) is 10.5. The van der Waals surface area contributed by atoms with E-state index in [4.69, 9.17) is 0 Å². The van der Waals surface area contributed by atoms with Crippen molar-refractivity contribution in [3.63, 3.8) is 0 Å². The zero-order chi connectivity index (χ0) is 16.0. The van der Waals surface area contributed by atoms with Gasteiger partial charge in [-0.2, -0.15) is 11.8 Å². The molecule has 5 nitrogen and oxygen atoms in total. The van der Waals surface area contributed by atoms with Crippen LogP contribution >= 0.6 is 11.8 Å². The third-order valence-electron chi connectivity index (χ3n) is 3.66. The van der Waals surface area contributed by atoms with E-state index in [2.05, 4.69) is 10.0 Å². The maximum Gasteiger partial charge on any atom is 0.251 e. The van der Waals surface area contributed by atoms with Crippen LogP contribution in [0.3, 0.4) is 0 Å². The summed E-state index contributed by atoms with van der Waals surface area (Å²) in [6.45, 7) is 0.628. The third kappa shape index (κ3) is 4.72. The zero-order valence-corrected chi connectivity index (χ0v) is 14.3. The molecule has 0 heterocycles. The van der Waals surface area contributed by atoms with E-state index in [1.807, 2.05) is 6.26 Å².